The Kier molecular flexibility index (Phi) is 3.10. The Labute approximate surface area is 110 Å². The smallest absolute Gasteiger partial charge is 0.0757 e. The van der Waals surface area contributed by atoms with Crippen LogP contribution in [0.5, 0.6) is 0 Å². The Morgan fingerprint density at radius 3 is 2.83 bits per heavy atom. The van der Waals surface area contributed by atoms with E-state index in [1.807, 2.05) is 0 Å². The summed E-state index contributed by atoms with van der Waals surface area (Å²) in [6.45, 7) is 3.67. The normalized spacial score (nSPS) is 45.3. The highest BCUT2D eigenvalue weighted by Crippen LogP contribution is 2.39. The number of piperidine rings is 1. The lowest BCUT2D eigenvalue weighted by atomic mass is 9.95. The van der Waals surface area contributed by atoms with E-state index < -0.39 is 0 Å². The van der Waals surface area contributed by atoms with Crippen LogP contribution in [0.15, 0.2) is 0 Å². The van der Waals surface area contributed by atoms with E-state index in [1.54, 1.807) is 0 Å². The summed E-state index contributed by atoms with van der Waals surface area (Å²) in [5.74, 6) is 0.886. The fourth-order valence-corrected chi connectivity index (χ4v) is 4.36. The molecule has 4 rings (SSSR count). The number of ether oxygens (including phenoxy) is 1. The molecule has 3 heterocycles. The van der Waals surface area contributed by atoms with Gasteiger partial charge in [-0.3, -0.25) is 0 Å². The molecule has 1 aliphatic carbocycles. The van der Waals surface area contributed by atoms with Gasteiger partial charge in [0.25, 0.3) is 0 Å². The van der Waals surface area contributed by atoms with Gasteiger partial charge in [-0.05, 0) is 64.0 Å². The molecule has 3 nitrogen and oxygen atoms in total. The first-order chi connectivity index (χ1) is 8.90. The molecular formula is C15H26N2O. The number of rotatable bonds is 3. The molecule has 0 aromatic carbocycles. The van der Waals surface area contributed by atoms with Crippen molar-refractivity contribution in [1.29, 1.82) is 0 Å². The molecule has 3 saturated heterocycles. The summed E-state index contributed by atoms with van der Waals surface area (Å²) in [6.07, 6.45) is 10.2. The van der Waals surface area contributed by atoms with Crippen molar-refractivity contribution >= 4 is 0 Å². The van der Waals surface area contributed by atoms with E-state index in [-0.39, 0.29) is 0 Å². The second-order valence-electron chi connectivity index (χ2n) is 6.79. The lowest BCUT2D eigenvalue weighted by molar-refractivity contribution is 0.0737. The molecule has 3 heteroatoms. The van der Waals surface area contributed by atoms with Crippen molar-refractivity contribution in [2.45, 2.75) is 69.2 Å². The minimum absolute atomic E-state index is 0.548. The van der Waals surface area contributed by atoms with Crippen molar-refractivity contribution in [3.8, 4) is 0 Å². The maximum atomic E-state index is 5.94. The Bertz CT molecular complexity index is 305. The van der Waals surface area contributed by atoms with Crippen molar-refractivity contribution in [1.82, 2.24) is 10.2 Å². The van der Waals surface area contributed by atoms with Crippen LogP contribution in [0, 0.1) is 5.92 Å². The first-order valence-electron chi connectivity index (χ1n) is 8.02. The second kappa shape index (κ2) is 4.77. The second-order valence-corrected chi connectivity index (χ2v) is 6.79. The van der Waals surface area contributed by atoms with E-state index >= 15 is 0 Å². The maximum Gasteiger partial charge on any atom is 0.0757 e. The van der Waals surface area contributed by atoms with Crippen LogP contribution >= 0.6 is 0 Å². The zero-order valence-corrected chi connectivity index (χ0v) is 11.3. The van der Waals surface area contributed by atoms with Gasteiger partial charge in [0.2, 0.25) is 0 Å². The van der Waals surface area contributed by atoms with Gasteiger partial charge in [-0.2, -0.15) is 0 Å². The van der Waals surface area contributed by atoms with Crippen LogP contribution in [0.25, 0.3) is 0 Å². The molecule has 102 valence electrons. The Morgan fingerprint density at radius 1 is 1.00 bits per heavy atom. The highest BCUT2D eigenvalue weighted by Gasteiger charge is 2.42. The molecule has 4 aliphatic rings. The monoisotopic (exact) mass is 250 g/mol. The summed E-state index contributed by atoms with van der Waals surface area (Å²) in [7, 11) is 0. The van der Waals surface area contributed by atoms with Crippen molar-refractivity contribution in [2.24, 2.45) is 5.92 Å². The largest absolute Gasteiger partial charge is 0.376 e. The van der Waals surface area contributed by atoms with Gasteiger partial charge in [0.05, 0.1) is 6.10 Å². The third kappa shape index (κ3) is 2.21. The summed E-state index contributed by atoms with van der Waals surface area (Å²) in [5.41, 5.74) is 0. The molecule has 1 saturated carbocycles. The van der Waals surface area contributed by atoms with E-state index in [2.05, 4.69) is 10.2 Å². The van der Waals surface area contributed by atoms with Gasteiger partial charge in [-0.15, -0.1) is 0 Å². The quantitative estimate of drug-likeness (QED) is 0.826. The van der Waals surface area contributed by atoms with Crippen LogP contribution in [0.1, 0.15) is 44.9 Å². The van der Waals surface area contributed by atoms with Crippen LogP contribution < -0.4 is 5.32 Å². The molecule has 0 bridgehead atoms. The molecule has 4 unspecified atom stereocenters. The summed E-state index contributed by atoms with van der Waals surface area (Å²) in [5, 5.41) is 3.95. The predicted molar refractivity (Wildman–Crippen MR) is 71.6 cm³/mol. The van der Waals surface area contributed by atoms with Gasteiger partial charge in [0.15, 0.2) is 0 Å². The minimum Gasteiger partial charge on any atom is -0.376 e. The van der Waals surface area contributed by atoms with Gasteiger partial charge in [-0.1, -0.05) is 0 Å². The Balaban J connectivity index is 1.33. The third-order valence-corrected chi connectivity index (χ3v) is 5.49. The maximum absolute atomic E-state index is 5.94. The minimum atomic E-state index is 0.548. The van der Waals surface area contributed by atoms with E-state index in [4.69, 9.17) is 4.74 Å². The Morgan fingerprint density at radius 2 is 1.94 bits per heavy atom. The molecule has 0 radical (unpaired) electrons. The summed E-state index contributed by atoms with van der Waals surface area (Å²) in [6, 6.07) is 2.31. The number of hydrogen-bond acceptors (Lipinski definition) is 3. The lowest BCUT2D eigenvalue weighted by Gasteiger charge is -2.37. The average Bonchev–Trinajstić information content (AvgIpc) is 2.95. The number of nitrogens with one attached hydrogen (secondary N) is 1. The average molecular weight is 250 g/mol. The van der Waals surface area contributed by atoms with Crippen LogP contribution in [0.2, 0.25) is 0 Å². The number of hydrogen-bond donors (Lipinski definition) is 1. The summed E-state index contributed by atoms with van der Waals surface area (Å²) in [4.78, 5) is 2.71. The van der Waals surface area contributed by atoms with E-state index in [0.29, 0.717) is 12.1 Å². The van der Waals surface area contributed by atoms with E-state index in [9.17, 15) is 0 Å². The van der Waals surface area contributed by atoms with Crippen molar-refractivity contribution in [3.05, 3.63) is 0 Å². The van der Waals surface area contributed by atoms with Crippen molar-refractivity contribution < 1.29 is 4.74 Å². The van der Waals surface area contributed by atoms with Crippen molar-refractivity contribution in [2.75, 3.05) is 19.7 Å². The molecule has 0 spiro atoms. The fraction of sp³-hybridized carbons (Fsp3) is 1.00. The first kappa shape index (κ1) is 11.7. The molecule has 4 fully saturated rings. The topological polar surface area (TPSA) is 24.5 Å². The van der Waals surface area contributed by atoms with E-state index in [0.717, 1.165) is 24.6 Å². The standard InChI is InChI=1S/C15H26N2O/c1-2-13-10-12(5-8-17(13)7-1)16-14-6-9-18-15(14)11-3-4-11/h11-16H,1-10H2. The zero-order chi connectivity index (χ0) is 11.9. The summed E-state index contributed by atoms with van der Waals surface area (Å²) >= 11 is 0. The van der Waals surface area contributed by atoms with Crippen LogP contribution in [-0.2, 0) is 4.74 Å². The highest BCUT2D eigenvalue weighted by molar-refractivity contribution is 4.97. The Hall–Kier alpha value is -0.120. The molecule has 3 aliphatic heterocycles. The fourth-order valence-electron chi connectivity index (χ4n) is 4.36. The molecular weight excluding hydrogens is 224 g/mol. The van der Waals surface area contributed by atoms with Crippen molar-refractivity contribution in [3.63, 3.8) is 0 Å². The number of fused-ring (bicyclic) bond motifs is 1. The van der Waals surface area contributed by atoms with Crippen LogP contribution in [0.3, 0.4) is 0 Å². The lowest BCUT2D eigenvalue weighted by Crippen LogP contribution is -2.50. The first-order valence-corrected chi connectivity index (χ1v) is 8.02. The molecule has 0 amide bonds. The molecule has 4 atom stereocenters. The van der Waals surface area contributed by atoms with E-state index in [1.165, 1.54) is 58.0 Å². The molecule has 0 aromatic heterocycles. The van der Waals surface area contributed by atoms with Gasteiger partial charge in [0.1, 0.15) is 0 Å². The highest BCUT2D eigenvalue weighted by atomic mass is 16.5. The van der Waals surface area contributed by atoms with Gasteiger partial charge >= 0.3 is 0 Å². The SMILES string of the molecule is C1CC2CC(NC3CCOC3C3CC3)CCN2C1. The van der Waals surface area contributed by atoms with Gasteiger partial charge in [0, 0.05) is 24.7 Å². The molecule has 1 N–H and O–H groups in total. The van der Waals surface area contributed by atoms with Crippen LogP contribution in [0.4, 0.5) is 0 Å². The predicted octanol–water partition coefficient (Wildman–Crippen LogP) is 1.77. The third-order valence-electron chi connectivity index (χ3n) is 5.49. The van der Waals surface area contributed by atoms with Crippen LogP contribution in [-0.4, -0.2) is 48.8 Å². The zero-order valence-electron chi connectivity index (χ0n) is 11.3. The summed E-state index contributed by atoms with van der Waals surface area (Å²) < 4.78 is 5.94. The van der Waals surface area contributed by atoms with Gasteiger partial charge < -0.3 is 15.0 Å². The number of nitrogens with zero attached hydrogens (tertiary/aromatic N) is 1. The molecule has 0 aromatic rings. The molecule has 18 heavy (non-hydrogen) atoms. The van der Waals surface area contributed by atoms with Gasteiger partial charge in [-0.25, -0.2) is 0 Å².